The molecule has 168 valence electrons. The minimum atomic E-state index is -1.10. The Morgan fingerprint density at radius 1 is 1.07 bits per heavy atom. The van der Waals surface area contributed by atoms with Gasteiger partial charge in [-0.3, -0.25) is 9.59 Å². The van der Waals surface area contributed by atoms with Gasteiger partial charge in [0.2, 0.25) is 11.8 Å². The van der Waals surface area contributed by atoms with Gasteiger partial charge in [0.1, 0.15) is 12.1 Å². The summed E-state index contributed by atoms with van der Waals surface area (Å²) < 4.78 is 0. The number of halogens is 2. The van der Waals surface area contributed by atoms with E-state index < -0.39 is 24.0 Å². The first-order chi connectivity index (χ1) is 14.3. The quantitative estimate of drug-likeness (QED) is 0.355. The van der Waals surface area contributed by atoms with E-state index in [1.807, 2.05) is 30.5 Å². The van der Waals surface area contributed by atoms with Crippen LogP contribution < -0.4 is 15.5 Å². The maximum absolute atomic E-state index is 12.7. The molecule has 1 aromatic rings. The van der Waals surface area contributed by atoms with Gasteiger partial charge in [0.05, 0.1) is 0 Å². The van der Waals surface area contributed by atoms with Crippen LogP contribution in [0, 0.1) is 0 Å². The zero-order valence-corrected chi connectivity index (χ0v) is 19.5. The molecular weight excluding hydrogens is 449 g/mol. The third-order valence-corrected chi connectivity index (χ3v) is 5.35. The minimum absolute atomic E-state index is 0.242. The van der Waals surface area contributed by atoms with E-state index in [0.717, 1.165) is 11.3 Å². The SMILES string of the molecule is CSCC[C@@H](NC(=O)[C@@H](Cc1ccc(N(CCCl)CCCl)cc1)NC(C)=O)C(=O)O. The highest BCUT2D eigenvalue weighted by Crippen LogP contribution is 2.17. The first-order valence-electron chi connectivity index (χ1n) is 9.57. The molecule has 0 bridgehead atoms. The Labute approximate surface area is 191 Å². The van der Waals surface area contributed by atoms with Crippen LogP contribution in [0.25, 0.3) is 0 Å². The second-order valence-electron chi connectivity index (χ2n) is 6.67. The van der Waals surface area contributed by atoms with E-state index in [-0.39, 0.29) is 12.3 Å². The lowest BCUT2D eigenvalue weighted by molar-refractivity contribution is -0.142. The fourth-order valence-corrected chi connectivity index (χ4v) is 3.75. The molecule has 7 nitrogen and oxygen atoms in total. The van der Waals surface area contributed by atoms with Gasteiger partial charge >= 0.3 is 5.97 Å². The molecule has 0 aliphatic rings. The standard InChI is InChI=1S/C20H29Cl2N3O4S/c1-14(26)23-18(19(27)24-17(20(28)29)7-12-30-2)13-15-3-5-16(6-4-15)25(10-8-21)11-9-22/h3-6,17-18H,7-13H2,1-2H3,(H,23,26)(H,24,27)(H,28,29)/t17-,18-/m1/s1. The van der Waals surface area contributed by atoms with Crippen LogP contribution in [-0.2, 0) is 20.8 Å². The molecule has 0 spiro atoms. The van der Waals surface area contributed by atoms with Gasteiger partial charge in [-0.1, -0.05) is 12.1 Å². The molecule has 0 unspecified atom stereocenters. The van der Waals surface area contributed by atoms with Crippen molar-refractivity contribution in [3.05, 3.63) is 29.8 Å². The fourth-order valence-electron chi connectivity index (χ4n) is 2.87. The summed E-state index contributed by atoms with van der Waals surface area (Å²) in [4.78, 5) is 37.7. The molecule has 10 heteroatoms. The van der Waals surface area contributed by atoms with Crippen molar-refractivity contribution in [3.8, 4) is 0 Å². The molecule has 1 rings (SSSR count). The van der Waals surface area contributed by atoms with Crippen LogP contribution >= 0.6 is 35.0 Å². The van der Waals surface area contributed by atoms with Crippen LogP contribution in [-0.4, -0.2) is 71.8 Å². The average Bonchev–Trinajstić information content (AvgIpc) is 2.70. The molecule has 2 atom stereocenters. The van der Waals surface area contributed by atoms with Crippen LogP contribution in [0.4, 0.5) is 5.69 Å². The smallest absolute Gasteiger partial charge is 0.326 e. The Kier molecular flexibility index (Phi) is 12.7. The topological polar surface area (TPSA) is 98.7 Å². The molecule has 0 radical (unpaired) electrons. The Hall–Kier alpha value is -1.64. The van der Waals surface area contributed by atoms with E-state index >= 15 is 0 Å². The number of carboxylic acid groups (broad SMARTS) is 1. The molecule has 30 heavy (non-hydrogen) atoms. The summed E-state index contributed by atoms with van der Waals surface area (Å²) in [6, 6.07) is 5.70. The van der Waals surface area contributed by atoms with Gasteiger partial charge in [-0.05, 0) is 36.1 Å². The largest absolute Gasteiger partial charge is 0.480 e. The lowest BCUT2D eigenvalue weighted by atomic mass is 10.0. The molecule has 0 saturated heterocycles. The predicted octanol–water partition coefficient (Wildman–Crippen LogP) is 2.34. The van der Waals surface area contributed by atoms with Gasteiger partial charge in [-0.2, -0.15) is 11.8 Å². The molecule has 3 N–H and O–H groups in total. The molecule has 0 heterocycles. The predicted molar refractivity (Wildman–Crippen MR) is 124 cm³/mol. The number of alkyl halides is 2. The van der Waals surface area contributed by atoms with Crippen molar-refractivity contribution in [1.82, 2.24) is 10.6 Å². The molecule has 0 aliphatic heterocycles. The minimum Gasteiger partial charge on any atom is -0.480 e. The summed E-state index contributed by atoms with van der Waals surface area (Å²) in [6.07, 6.45) is 2.41. The van der Waals surface area contributed by atoms with Crippen LogP contribution in [0.15, 0.2) is 24.3 Å². The number of nitrogens with one attached hydrogen (secondary N) is 2. The monoisotopic (exact) mass is 477 g/mol. The second-order valence-corrected chi connectivity index (χ2v) is 8.41. The maximum atomic E-state index is 12.7. The number of hydrogen-bond acceptors (Lipinski definition) is 5. The molecule has 0 aromatic heterocycles. The fraction of sp³-hybridized carbons (Fsp3) is 0.550. The summed E-state index contributed by atoms with van der Waals surface area (Å²) >= 11 is 13.2. The Balaban J connectivity index is 2.89. The van der Waals surface area contributed by atoms with Gasteiger partial charge in [0.15, 0.2) is 0 Å². The first-order valence-corrected chi connectivity index (χ1v) is 12.0. The number of nitrogens with zero attached hydrogens (tertiary/aromatic N) is 1. The van der Waals surface area contributed by atoms with E-state index in [1.165, 1.54) is 18.7 Å². The summed E-state index contributed by atoms with van der Waals surface area (Å²) in [7, 11) is 0. The zero-order chi connectivity index (χ0) is 22.5. The van der Waals surface area contributed by atoms with Crippen molar-refractivity contribution in [3.63, 3.8) is 0 Å². The molecular formula is C20H29Cl2N3O4S. The van der Waals surface area contributed by atoms with Gasteiger partial charge < -0.3 is 20.6 Å². The third kappa shape index (κ3) is 9.45. The number of benzene rings is 1. The van der Waals surface area contributed by atoms with E-state index in [1.54, 1.807) is 0 Å². The molecule has 0 aliphatic carbocycles. The van der Waals surface area contributed by atoms with Gasteiger partial charge in [-0.15, -0.1) is 23.2 Å². The number of aliphatic carboxylic acids is 1. The summed E-state index contributed by atoms with van der Waals surface area (Å²) in [6.45, 7) is 2.65. The highest BCUT2D eigenvalue weighted by Gasteiger charge is 2.26. The number of amides is 2. The molecule has 0 fully saturated rings. The number of carbonyl (C=O) groups excluding carboxylic acids is 2. The van der Waals surface area contributed by atoms with E-state index in [2.05, 4.69) is 15.5 Å². The van der Waals surface area contributed by atoms with Crippen molar-refractivity contribution in [1.29, 1.82) is 0 Å². The normalized spacial score (nSPS) is 12.7. The summed E-state index contributed by atoms with van der Waals surface area (Å²) in [5.74, 6) is -0.422. The third-order valence-electron chi connectivity index (χ3n) is 4.37. The molecule has 1 aromatic carbocycles. The van der Waals surface area contributed by atoms with Crippen LogP contribution in [0.2, 0.25) is 0 Å². The lowest BCUT2D eigenvalue weighted by Crippen LogP contribution is -2.52. The number of carboxylic acids is 1. The van der Waals surface area contributed by atoms with Crippen molar-refractivity contribution in [2.75, 3.05) is 41.8 Å². The Morgan fingerprint density at radius 3 is 2.13 bits per heavy atom. The van der Waals surface area contributed by atoms with Crippen molar-refractivity contribution < 1.29 is 19.5 Å². The second kappa shape index (κ2) is 14.4. The lowest BCUT2D eigenvalue weighted by Gasteiger charge is -2.24. The number of rotatable bonds is 14. The van der Waals surface area contributed by atoms with Gasteiger partial charge in [-0.25, -0.2) is 4.79 Å². The summed E-state index contributed by atoms with van der Waals surface area (Å²) in [5.41, 5.74) is 1.80. The highest BCUT2D eigenvalue weighted by atomic mass is 35.5. The number of thioether (sulfide) groups is 1. The Bertz CT molecular complexity index is 685. The number of carbonyl (C=O) groups is 3. The van der Waals surface area contributed by atoms with Crippen LogP contribution in [0.3, 0.4) is 0 Å². The maximum Gasteiger partial charge on any atom is 0.326 e. The zero-order valence-electron chi connectivity index (χ0n) is 17.2. The van der Waals surface area contributed by atoms with Gasteiger partial charge in [0, 0.05) is 43.9 Å². The average molecular weight is 478 g/mol. The number of hydrogen-bond donors (Lipinski definition) is 3. The van der Waals surface area contributed by atoms with Crippen molar-refractivity contribution in [2.45, 2.75) is 31.8 Å². The Morgan fingerprint density at radius 2 is 1.67 bits per heavy atom. The highest BCUT2D eigenvalue weighted by molar-refractivity contribution is 7.98. The summed E-state index contributed by atoms with van der Waals surface area (Å²) in [5, 5.41) is 14.5. The van der Waals surface area contributed by atoms with Crippen LogP contribution in [0.5, 0.6) is 0 Å². The van der Waals surface area contributed by atoms with Crippen molar-refractivity contribution >= 4 is 58.4 Å². The van der Waals surface area contributed by atoms with Crippen LogP contribution in [0.1, 0.15) is 18.9 Å². The molecule has 0 saturated carbocycles. The first kappa shape index (κ1) is 26.4. The van der Waals surface area contributed by atoms with E-state index in [9.17, 15) is 19.5 Å². The van der Waals surface area contributed by atoms with E-state index in [4.69, 9.17) is 23.2 Å². The number of anilines is 1. The van der Waals surface area contributed by atoms with Gasteiger partial charge in [0.25, 0.3) is 0 Å². The molecule has 2 amide bonds. The van der Waals surface area contributed by atoms with E-state index in [0.29, 0.717) is 37.0 Å². The van der Waals surface area contributed by atoms with Crippen molar-refractivity contribution in [2.24, 2.45) is 0 Å².